The highest BCUT2D eigenvalue weighted by Gasteiger charge is 2.37. The van der Waals surface area contributed by atoms with E-state index in [2.05, 4.69) is 15.9 Å². The van der Waals surface area contributed by atoms with Crippen molar-refractivity contribution in [2.45, 2.75) is 31.4 Å². The van der Waals surface area contributed by atoms with Gasteiger partial charge < -0.3 is 10.5 Å². The molecule has 0 aliphatic heterocycles. The van der Waals surface area contributed by atoms with Crippen LogP contribution in [0.5, 0.6) is 0 Å². The smallest absolute Gasteiger partial charge is 0.133 e. The number of nitrogens with two attached hydrogens (primary N) is 1. The molecule has 1 saturated carbocycles. The predicted octanol–water partition coefficient (Wildman–Crippen LogP) is 3.07. The van der Waals surface area contributed by atoms with Gasteiger partial charge in [-0.25, -0.2) is 4.39 Å². The van der Waals surface area contributed by atoms with Crippen LogP contribution in [0.2, 0.25) is 0 Å². The molecule has 0 amide bonds. The molecule has 0 saturated heterocycles. The second kappa shape index (κ2) is 4.43. The molecule has 1 aromatic rings. The first-order valence-electron chi connectivity index (χ1n) is 5.33. The molecule has 0 radical (unpaired) electrons. The first-order valence-corrected chi connectivity index (χ1v) is 6.12. The molecule has 2 rings (SSSR count). The number of hydrogen-bond acceptors (Lipinski definition) is 2. The molecular formula is C12H15BrFNO. The molecular weight excluding hydrogens is 273 g/mol. The number of benzene rings is 1. The van der Waals surface area contributed by atoms with Gasteiger partial charge in [-0.2, -0.15) is 0 Å². The Kier molecular flexibility index (Phi) is 3.33. The van der Waals surface area contributed by atoms with Crippen molar-refractivity contribution in [3.05, 3.63) is 33.5 Å². The fraction of sp³-hybridized carbons (Fsp3) is 0.500. The van der Waals surface area contributed by atoms with E-state index in [1.165, 1.54) is 0 Å². The third kappa shape index (κ3) is 2.01. The lowest BCUT2D eigenvalue weighted by molar-refractivity contribution is 0.179. The van der Waals surface area contributed by atoms with Crippen molar-refractivity contribution in [2.75, 3.05) is 7.11 Å². The Hall–Kier alpha value is -0.450. The third-order valence-corrected chi connectivity index (χ3v) is 3.65. The standard InChI is InChI=1S/C12H15BrFNO/c1-16-7-8-5-9(13)6-10(11(8)14)12(15)3-2-4-12/h5-6H,2-4,7,15H2,1H3. The number of halogens is 2. The van der Waals surface area contributed by atoms with Crippen LogP contribution >= 0.6 is 15.9 Å². The van der Waals surface area contributed by atoms with Crippen molar-refractivity contribution >= 4 is 15.9 Å². The van der Waals surface area contributed by atoms with E-state index in [0.29, 0.717) is 11.1 Å². The van der Waals surface area contributed by atoms with Crippen LogP contribution in [0.3, 0.4) is 0 Å². The lowest BCUT2D eigenvalue weighted by Crippen LogP contribution is -2.44. The number of ether oxygens (including phenoxy) is 1. The van der Waals surface area contributed by atoms with Gasteiger partial charge in [0.05, 0.1) is 6.61 Å². The zero-order valence-corrected chi connectivity index (χ0v) is 10.8. The average Bonchev–Trinajstić information content (AvgIpc) is 2.20. The molecule has 0 bridgehead atoms. The molecule has 1 aliphatic carbocycles. The lowest BCUT2D eigenvalue weighted by atomic mass is 9.72. The molecule has 2 N–H and O–H groups in total. The summed E-state index contributed by atoms with van der Waals surface area (Å²) in [7, 11) is 1.56. The summed E-state index contributed by atoms with van der Waals surface area (Å²) in [5, 5.41) is 0. The summed E-state index contributed by atoms with van der Waals surface area (Å²) in [5.41, 5.74) is 6.85. The Balaban J connectivity index is 2.44. The van der Waals surface area contributed by atoms with Gasteiger partial charge in [-0.3, -0.25) is 0 Å². The fourth-order valence-electron chi connectivity index (χ4n) is 2.10. The highest BCUT2D eigenvalue weighted by atomic mass is 79.9. The molecule has 0 heterocycles. The largest absolute Gasteiger partial charge is 0.380 e. The summed E-state index contributed by atoms with van der Waals surface area (Å²) in [5.74, 6) is -0.216. The third-order valence-electron chi connectivity index (χ3n) is 3.19. The molecule has 1 aliphatic rings. The minimum absolute atomic E-state index is 0.216. The summed E-state index contributed by atoms with van der Waals surface area (Å²) in [6, 6.07) is 3.53. The van der Waals surface area contributed by atoms with Crippen LogP contribution < -0.4 is 5.73 Å². The molecule has 2 nitrogen and oxygen atoms in total. The second-order valence-electron chi connectivity index (χ2n) is 4.37. The normalized spacial score (nSPS) is 18.2. The number of methoxy groups -OCH3 is 1. The maximum absolute atomic E-state index is 14.2. The van der Waals surface area contributed by atoms with Gasteiger partial charge in [0, 0.05) is 28.2 Å². The average molecular weight is 288 g/mol. The quantitative estimate of drug-likeness (QED) is 0.927. The van der Waals surface area contributed by atoms with E-state index in [1.54, 1.807) is 19.2 Å². The van der Waals surface area contributed by atoms with Crippen molar-refractivity contribution in [3.63, 3.8) is 0 Å². The number of rotatable bonds is 3. The summed E-state index contributed by atoms with van der Waals surface area (Å²) in [6.45, 7) is 0.272. The van der Waals surface area contributed by atoms with E-state index in [-0.39, 0.29) is 12.4 Å². The van der Waals surface area contributed by atoms with Crippen LogP contribution in [-0.4, -0.2) is 7.11 Å². The topological polar surface area (TPSA) is 35.2 Å². The van der Waals surface area contributed by atoms with E-state index in [0.717, 1.165) is 23.7 Å². The zero-order chi connectivity index (χ0) is 11.8. The highest BCUT2D eigenvalue weighted by Crippen LogP contribution is 2.41. The van der Waals surface area contributed by atoms with Gasteiger partial charge in [0.1, 0.15) is 5.82 Å². The van der Waals surface area contributed by atoms with Crippen molar-refractivity contribution in [3.8, 4) is 0 Å². The van der Waals surface area contributed by atoms with Crippen LogP contribution in [0.1, 0.15) is 30.4 Å². The minimum Gasteiger partial charge on any atom is -0.380 e. The van der Waals surface area contributed by atoms with Gasteiger partial charge >= 0.3 is 0 Å². The molecule has 1 aromatic carbocycles. The molecule has 16 heavy (non-hydrogen) atoms. The van der Waals surface area contributed by atoms with E-state index < -0.39 is 5.54 Å². The van der Waals surface area contributed by atoms with Gasteiger partial charge in [-0.05, 0) is 31.4 Å². The minimum atomic E-state index is -0.476. The molecule has 0 aromatic heterocycles. The Morgan fingerprint density at radius 1 is 1.50 bits per heavy atom. The highest BCUT2D eigenvalue weighted by molar-refractivity contribution is 9.10. The number of hydrogen-bond donors (Lipinski definition) is 1. The first-order chi connectivity index (χ1) is 7.57. The van der Waals surface area contributed by atoms with Crippen LogP contribution in [0, 0.1) is 5.82 Å². The second-order valence-corrected chi connectivity index (χ2v) is 5.28. The Labute approximate surface area is 103 Å². The van der Waals surface area contributed by atoms with E-state index in [4.69, 9.17) is 10.5 Å². The molecule has 4 heteroatoms. The van der Waals surface area contributed by atoms with Crippen LogP contribution in [0.4, 0.5) is 4.39 Å². The molecule has 1 fully saturated rings. The van der Waals surface area contributed by atoms with Crippen LogP contribution in [-0.2, 0) is 16.9 Å². The SMILES string of the molecule is COCc1cc(Br)cc(C2(N)CCC2)c1F. The lowest BCUT2D eigenvalue weighted by Gasteiger charge is -2.39. The van der Waals surface area contributed by atoms with Crippen molar-refractivity contribution in [2.24, 2.45) is 5.73 Å². The van der Waals surface area contributed by atoms with Gasteiger partial charge in [-0.15, -0.1) is 0 Å². The summed E-state index contributed by atoms with van der Waals surface area (Å²) < 4.78 is 20.0. The van der Waals surface area contributed by atoms with Crippen molar-refractivity contribution in [1.82, 2.24) is 0 Å². The molecule has 0 atom stereocenters. The van der Waals surface area contributed by atoms with Gasteiger partial charge in [0.2, 0.25) is 0 Å². The fourth-order valence-corrected chi connectivity index (χ4v) is 2.60. The Morgan fingerprint density at radius 3 is 2.69 bits per heavy atom. The van der Waals surface area contributed by atoms with Crippen molar-refractivity contribution in [1.29, 1.82) is 0 Å². The predicted molar refractivity (Wildman–Crippen MR) is 64.5 cm³/mol. The maximum atomic E-state index is 14.2. The van der Waals surface area contributed by atoms with E-state index in [1.807, 2.05) is 0 Å². The Morgan fingerprint density at radius 2 is 2.19 bits per heavy atom. The summed E-state index contributed by atoms with van der Waals surface area (Å²) >= 11 is 3.39. The molecule has 0 spiro atoms. The van der Waals surface area contributed by atoms with Crippen LogP contribution in [0.25, 0.3) is 0 Å². The van der Waals surface area contributed by atoms with Gasteiger partial charge in [0.25, 0.3) is 0 Å². The summed E-state index contributed by atoms with van der Waals surface area (Å²) in [6.07, 6.45) is 2.78. The zero-order valence-electron chi connectivity index (χ0n) is 9.22. The maximum Gasteiger partial charge on any atom is 0.133 e. The van der Waals surface area contributed by atoms with E-state index >= 15 is 0 Å². The van der Waals surface area contributed by atoms with Crippen molar-refractivity contribution < 1.29 is 9.13 Å². The summed E-state index contributed by atoms with van der Waals surface area (Å²) in [4.78, 5) is 0. The Bertz CT molecular complexity index is 404. The van der Waals surface area contributed by atoms with Gasteiger partial charge in [-0.1, -0.05) is 15.9 Å². The van der Waals surface area contributed by atoms with Crippen LogP contribution in [0.15, 0.2) is 16.6 Å². The monoisotopic (exact) mass is 287 g/mol. The molecule has 0 unspecified atom stereocenters. The molecule has 88 valence electrons. The van der Waals surface area contributed by atoms with E-state index in [9.17, 15) is 4.39 Å². The first kappa shape index (κ1) is 12.0. The van der Waals surface area contributed by atoms with Gasteiger partial charge in [0.15, 0.2) is 0 Å².